The first-order chi connectivity index (χ1) is 10.1. The lowest BCUT2D eigenvalue weighted by Gasteiger charge is -2.32. The summed E-state index contributed by atoms with van der Waals surface area (Å²) in [6.45, 7) is 8.51. The predicted molar refractivity (Wildman–Crippen MR) is 86.4 cm³/mol. The first-order valence-electron chi connectivity index (χ1n) is 7.66. The molecular formula is C16H25ClFN3. The van der Waals surface area contributed by atoms with Crippen LogP contribution in [0.15, 0.2) is 18.2 Å². The second-order valence-corrected chi connectivity index (χ2v) is 6.22. The van der Waals surface area contributed by atoms with Crippen LogP contribution in [0.4, 0.5) is 4.39 Å². The summed E-state index contributed by atoms with van der Waals surface area (Å²) in [5.41, 5.74) is 0.568. The zero-order chi connectivity index (χ0) is 15.2. The first-order valence-corrected chi connectivity index (χ1v) is 8.04. The van der Waals surface area contributed by atoms with E-state index in [1.807, 2.05) is 6.92 Å². The van der Waals surface area contributed by atoms with Gasteiger partial charge in [-0.05, 0) is 45.6 Å². The van der Waals surface area contributed by atoms with Crippen molar-refractivity contribution < 1.29 is 4.39 Å². The lowest BCUT2D eigenvalue weighted by molar-refractivity contribution is 0.152. The Kier molecular flexibility index (Phi) is 6.42. The topological polar surface area (TPSA) is 18.5 Å². The average molecular weight is 314 g/mol. The molecule has 1 saturated heterocycles. The molecule has 118 valence electrons. The molecule has 1 heterocycles. The van der Waals surface area contributed by atoms with Crippen LogP contribution in [-0.2, 0) is 0 Å². The molecule has 0 spiro atoms. The summed E-state index contributed by atoms with van der Waals surface area (Å²) in [6.07, 6.45) is 1.07. The number of likely N-dealkylation sites (N-methyl/N-ethyl adjacent to an activating group) is 1. The minimum Gasteiger partial charge on any atom is -0.310 e. The monoisotopic (exact) mass is 313 g/mol. The zero-order valence-corrected chi connectivity index (χ0v) is 13.7. The lowest BCUT2D eigenvalue weighted by Crippen LogP contribution is -2.45. The molecule has 1 aromatic rings. The van der Waals surface area contributed by atoms with Crippen LogP contribution < -0.4 is 5.32 Å². The predicted octanol–water partition coefficient (Wildman–Crippen LogP) is 2.77. The van der Waals surface area contributed by atoms with Crippen LogP contribution in [0.2, 0.25) is 5.02 Å². The average Bonchev–Trinajstić information content (AvgIpc) is 2.45. The van der Waals surface area contributed by atoms with Gasteiger partial charge in [0, 0.05) is 42.8 Å². The van der Waals surface area contributed by atoms with E-state index >= 15 is 0 Å². The number of piperazine rings is 1. The molecule has 0 unspecified atom stereocenters. The van der Waals surface area contributed by atoms with Crippen molar-refractivity contribution >= 4 is 11.6 Å². The molecule has 1 aliphatic heterocycles. The Morgan fingerprint density at radius 1 is 1.29 bits per heavy atom. The first kappa shape index (κ1) is 16.7. The Hall–Kier alpha value is -0.680. The Bertz CT molecular complexity index is 427. The standard InChI is InChI=1S/C16H25ClFN3/c1-13(16-14(17)5-3-6-15(16)18)19-7-4-8-21-11-9-20(2)10-12-21/h3,5-6,13,19H,4,7-12H2,1-2H3/t13-/m0/s1. The van der Waals surface area contributed by atoms with E-state index in [0.29, 0.717) is 10.6 Å². The minimum atomic E-state index is -0.235. The fourth-order valence-electron chi connectivity index (χ4n) is 2.72. The van der Waals surface area contributed by atoms with Crippen molar-refractivity contribution in [2.45, 2.75) is 19.4 Å². The molecule has 3 nitrogen and oxygen atoms in total. The highest BCUT2D eigenvalue weighted by Gasteiger charge is 2.15. The third-order valence-electron chi connectivity index (χ3n) is 4.13. The van der Waals surface area contributed by atoms with E-state index in [0.717, 1.165) is 45.7 Å². The molecule has 1 fully saturated rings. The Balaban J connectivity index is 1.71. The fourth-order valence-corrected chi connectivity index (χ4v) is 3.05. The van der Waals surface area contributed by atoms with Gasteiger partial charge < -0.3 is 15.1 Å². The van der Waals surface area contributed by atoms with Crippen LogP contribution in [0.1, 0.15) is 24.9 Å². The molecule has 5 heteroatoms. The molecule has 0 aliphatic carbocycles. The highest BCUT2D eigenvalue weighted by atomic mass is 35.5. The molecule has 2 rings (SSSR count). The summed E-state index contributed by atoms with van der Waals surface area (Å²) in [7, 11) is 2.17. The number of nitrogens with zero attached hydrogens (tertiary/aromatic N) is 2. The van der Waals surface area contributed by atoms with Gasteiger partial charge >= 0.3 is 0 Å². The van der Waals surface area contributed by atoms with Gasteiger partial charge in [0.1, 0.15) is 5.82 Å². The maximum atomic E-state index is 13.8. The van der Waals surface area contributed by atoms with Crippen LogP contribution in [0.5, 0.6) is 0 Å². The van der Waals surface area contributed by atoms with Gasteiger partial charge in [-0.3, -0.25) is 0 Å². The zero-order valence-electron chi connectivity index (χ0n) is 12.9. The van der Waals surface area contributed by atoms with Gasteiger partial charge in [-0.25, -0.2) is 4.39 Å². The Morgan fingerprint density at radius 2 is 2.00 bits per heavy atom. The Labute approximate surface area is 132 Å². The van der Waals surface area contributed by atoms with Gasteiger partial charge in [0.2, 0.25) is 0 Å². The molecule has 0 aromatic heterocycles. The van der Waals surface area contributed by atoms with E-state index in [4.69, 9.17) is 11.6 Å². The van der Waals surface area contributed by atoms with Crippen LogP contribution in [-0.4, -0.2) is 56.1 Å². The van der Waals surface area contributed by atoms with Crippen molar-refractivity contribution in [2.24, 2.45) is 0 Å². The molecular weight excluding hydrogens is 289 g/mol. The molecule has 21 heavy (non-hydrogen) atoms. The quantitative estimate of drug-likeness (QED) is 0.815. The van der Waals surface area contributed by atoms with E-state index in [1.54, 1.807) is 12.1 Å². The highest BCUT2D eigenvalue weighted by molar-refractivity contribution is 6.31. The lowest BCUT2D eigenvalue weighted by atomic mass is 10.1. The number of rotatable bonds is 6. The molecule has 0 radical (unpaired) electrons. The molecule has 1 aromatic carbocycles. The van der Waals surface area contributed by atoms with Crippen LogP contribution >= 0.6 is 11.6 Å². The summed E-state index contributed by atoms with van der Waals surface area (Å²) in [4.78, 5) is 4.85. The molecule has 0 saturated carbocycles. The number of nitrogens with one attached hydrogen (secondary N) is 1. The van der Waals surface area contributed by atoms with Crippen molar-refractivity contribution in [3.63, 3.8) is 0 Å². The van der Waals surface area contributed by atoms with E-state index in [1.165, 1.54) is 6.07 Å². The van der Waals surface area contributed by atoms with Crippen LogP contribution in [0.3, 0.4) is 0 Å². The fraction of sp³-hybridized carbons (Fsp3) is 0.625. The largest absolute Gasteiger partial charge is 0.310 e. The molecule has 1 N–H and O–H groups in total. The van der Waals surface area contributed by atoms with Gasteiger partial charge in [-0.2, -0.15) is 0 Å². The smallest absolute Gasteiger partial charge is 0.129 e. The van der Waals surface area contributed by atoms with Crippen molar-refractivity contribution in [3.8, 4) is 0 Å². The summed E-state index contributed by atoms with van der Waals surface area (Å²) < 4.78 is 13.8. The van der Waals surface area contributed by atoms with Gasteiger partial charge in [0.05, 0.1) is 0 Å². The van der Waals surface area contributed by atoms with E-state index < -0.39 is 0 Å². The van der Waals surface area contributed by atoms with E-state index in [9.17, 15) is 4.39 Å². The van der Waals surface area contributed by atoms with Gasteiger partial charge in [0.25, 0.3) is 0 Å². The van der Waals surface area contributed by atoms with Gasteiger partial charge in [-0.1, -0.05) is 17.7 Å². The SMILES string of the molecule is C[C@H](NCCCN1CCN(C)CC1)c1c(F)cccc1Cl. The Morgan fingerprint density at radius 3 is 2.67 bits per heavy atom. The maximum Gasteiger partial charge on any atom is 0.129 e. The summed E-state index contributed by atoms with van der Waals surface area (Å²) >= 11 is 6.08. The van der Waals surface area contributed by atoms with E-state index in [2.05, 4.69) is 22.2 Å². The molecule has 1 atom stereocenters. The third-order valence-corrected chi connectivity index (χ3v) is 4.46. The van der Waals surface area contributed by atoms with E-state index in [-0.39, 0.29) is 11.9 Å². The van der Waals surface area contributed by atoms with Crippen molar-refractivity contribution in [3.05, 3.63) is 34.6 Å². The minimum absolute atomic E-state index is 0.0637. The van der Waals surface area contributed by atoms with Crippen molar-refractivity contribution in [1.29, 1.82) is 0 Å². The number of hydrogen-bond acceptors (Lipinski definition) is 3. The molecule has 1 aliphatic rings. The summed E-state index contributed by atoms with van der Waals surface area (Å²) in [6, 6.07) is 4.78. The molecule has 0 amide bonds. The second kappa shape index (κ2) is 8.08. The second-order valence-electron chi connectivity index (χ2n) is 5.81. The van der Waals surface area contributed by atoms with Crippen molar-refractivity contribution in [1.82, 2.24) is 15.1 Å². The highest BCUT2D eigenvalue weighted by Crippen LogP contribution is 2.25. The number of benzene rings is 1. The van der Waals surface area contributed by atoms with Crippen LogP contribution in [0, 0.1) is 5.82 Å². The summed E-state index contributed by atoms with van der Waals surface area (Å²) in [5, 5.41) is 3.86. The van der Waals surface area contributed by atoms with Crippen molar-refractivity contribution in [2.75, 3.05) is 46.3 Å². The molecule has 0 bridgehead atoms. The maximum absolute atomic E-state index is 13.8. The van der Waals surface area contributed by atoms with Crippen LogP contribution in [0.25, 0.3) is 0 Å². The number of hydrogen-bond donors (Lipinski definition) is 1. The number of halogens is 2. The normalized spacial score (nSPS) is 18.9. The third kappa shape index (κ3) is 4.92. The summed E-state index contributed by atoms with van der Waals surface area (Å²) in [5.74, 6) is -0.235. The van der Waals surface area contributed by atoms with Gasteiger partial charge in [-0.15, -0.1) is 0 Å². The van der Waals surface area contributed by atoms with Gasteiger partial charge in [0.15, 0.2) is 0 Å².